The van der Waals surface area contributed by atoms with Crippen LogP contribution in [0, 0.1) is 0 Å². The summed E-state index contributed by atoms with van der Waals surface area (Å²) in [5.74, 6) is -0.0675. The van der Waals surface area contributed by atoms with Crippen molar-refractivity contribution in [3.05, 3.63) is 0 Å². The fraction of sp³-hybridized carbons (Fsp3) is 0.800. The lowest BCUT2D eigenvalue weighted by atomic mass is 10.2. The first-order chi connectivity index (χ1) is 7.56. The van der Waals surface area contributed by atoms with E-state index >= 15 is 0 Å². The second-order valence-electron chi connectivity index (χ2n) is 3.91. The Kier molecular flexibility index (Phi) is 5.08. The normalized spacial score (nSPS) is 22.1. The van der Waals surface area contributed by atoms with Crippen molar-refractivity contribution in [2.75, 3.05) is 18.2 Å². The minimum absolute atomic E-state index is 0.127. The van der Waals surface area contributed by atoms with Gasteiger partial charge in [-0.2, -0.15) is 0 Å². The maximum absolute atomic E-state index is 11.8. The second kappa shape index (κ2) is 6.10. The maximum Gasteiger partial charge on any atom is 0.327 e. The molecular weight excluding hydrogens is 228 g/mol. The maximum atomic E-state index is 11.8. The Balaban J connectivity index is 2.44. The molecule has 0 spiro atoms. The number of carbonyl (C=O) groups is 2. The van der Waals surface area contributed by atoms with Gasteiger partial charge in [-0.1, -0.05) is 6.92 Å². The van der Waals surface area contributed by atoms with Crippen LogP contribution in [0.15, 0.2) is 0 Å². The molecule has 0 aromatic carbocycles. The first-order valence-electron chi connectivity index (χ1n) is 5.39. The van der Waals surface area contributed by atoms with E-state index in [9.17, 15) is 9.59 Å². The van der Waals surface area contributed by atoms with Gasteiger partial charge < -0.3 is 15.3 Å². The van der Waals surface area contributed by atoms with E-state index < -0.39 is 12.0 Å². The SMILES string of the molecule is CCC(C)NCC(=O)N1CSCC1C(=O)O. The molecule has 1 aliphatic rings. The van der Waals surface area contributed by atoms with Gasteiger partial charge in [0.05, 0.1) is 12.4 Å². The van der Waals surface area contributed by atoms with E-state index in [1.165, 1.54) is 16.7 Å². The summed E-state index contributed by atoms with van der Waals surface area (Å²) in [7, 11) is 0. The van der Waals surface area contributed by atoms with Crippen molar-refractivity contribution in [3.63, 3.8) is 0 Å². The third kappa shape index (κ3) is 3.38. The summed E-state index contributed by atoms with van der Waals surface area (Å²) >= 11 is 1.48. The van der Waals surface area contributed by atoms with Crippen molar-refractivity contribution in [1.82, 2.24) is 10.2 Å². The van der Waals surface area contributed by atoms with Crippen molar-refractivity contribution in [2.45, 2.75) is 32.4 Å². The third-order valence-corrected chi connectivity index (χ3v) is 3.71. The number of carboxylic acid groups (broad SMARTS) is 1. The smallest absolute Gasteiger partial charge is 0.327 e. The lowest BCUT2D eigenvalue weighted by molar-refractivity contribution is -0.147. The molecule has 92 valence electrons. The largest absolute Gasteiger partial charge is 0.480 e. The highest BCUT2D eigenvalue weighted by Crippen LogP contribution is 2.20. The summed E-state index contributed by atoms with van der Waals surface area (Å²) < 4.78 is 0. The van der Waals surface area contributed by atoms with Gasteiger partial charge in [0.15, 0.2) is 0 Å². The number of nitrogens with one attached hydrogen (secondary N) is 1. The van der Waals surface area contributed by atoms with E-state index in [0.29, 0.717) is 11.6 Å². The number of rotatable bonds is 5. The summed E-state index contributed by atoms with van der Waals surface area (Å²) in [6, 6.07) is -0.376. The van der Waals surface area contributed by atoms with Crippen LogP contribution in [0.1, 0.15) is 20.3 Å². The highest BCUT2D eigenvalue weighted by molar-refractivity contribution is 7.99. The molecule has 16 heavy (non-hydrogen) atoms. The zero-order valence-electron chi connectivity index (χ0n) is 9.60. The molecule has 1 rings (SSSR count). The molecule has 0 aromatic rings. The van der Waals surface area contributed by atoms with Crippen LogP contribution in [0.3, 0.4) is 0 Å². The second-order valence-corrected chi connectivity index (χ2v) is 4.91. The average Bonchev–Trinajstić information content (AvgIpc) is 2.74. The van der Waals surface area contributed by atoms with E-state index in [1.807, 2.05) is 13.8 Å². The predicted molar refractivity (Wildman–Crippen MR) is 63.4 cm³/mol. The van der Waals surface area contributed by atoms with Crippen LogP contribution in [-0.4, -0.2) is 52.1 Å². The van der Waals surface area contributed by atoms with Gasteiger partial charge in [0.1, 0.15) is 6.04 Å². The number of thioether (sulfide) groups is 1. The molecule has 0 aliphatic carbocycles. The van der Waals surface area contributed by atoms with Crippen molar-refractivity contribution < 1.29 is 14.7 Å². The van der Waals surface area contributed by atoms with E-state index in [-0.39, 0.29) is 18.5 Å². The first-order valence-corrected chi connectivity index (χ1v) is 6.55. The fourth-order valence-corrected chi connectivity index (χ4v) is 2.57. The van der Waals surface area contributed by atoms with Crippen LogP contribution in [0.25, 0.3) is 0 Å². The highest BCUT2D eigenvalue weighted by atomic mass is 32.2. The summed E-state index contributed by atoms with van der Waals surface area (Å²) in [5, 5.41) is 12.0. The molecule has 2 atom stereocenters. The fourth-order valence-electron chi connectivity index (χ4n) is 1.40. The number of nitrogens with zero attached hydrogens (tertiary/aromatic N) is 1. The van der Waals surface area contributed by atoms with Crippen LogP contribution >= 0.6 is 11.8 Å². The Labute approximate surface area is 99.6 Å². The Bertz CT molecular complexity index is 273. The van der Waals surface area contributed by atoms with Gasteiger partial charge in [0.2, 0.25) is 5.91 Å². The molecule has 6 heteroatoms. The summed E-state index contributed by atoms with van der Waals surface area (Å²) in [5.41, 5.74) is 0. The van der Waals surface area contributed by atoms with Gasteiger partial charge in [0.25, 0.3) is 0 Å². The van der Waals surface area contributed by atoms with E-state index in [0.717, 1.165) is 6.42 Å². The van der Waals surface area contributed by atoms with Crippen molar-refractivity contribution in [3.8, 4) is 0 Å². The number of amides is 1. The number of carbonyl (C=O) groups excluding carboxylic acids is 1. The van der Waals surface area contributed by atoms with E-state index in [1.54, 1.807) is 0 Å². The van der Waals surface area contributed by atoms with Crippen LogP contribution in [0.5, 0.6) is 0 Å². The van der Waals surface area contributed by atoms with E-state index in [2.05, 4.69) is 5.32 Å². The topological polar surface area (TPSA) is 69.6 Å². The van der Waals surface area contributed by atoms with Gasteiger partial charge in [-0.25, -0.2) is 4.79 Å². The van der Waals surface area contributed by atoms with Gasteiger partial charge in [-0.15, -0.1) is 11.8 Å². The van der Waals surface area contributed by atoms with Crippen LogP contribution in [-0.2, 0) is 9.59 Å². The Morgan fingerprint density at radius 3 is 2.88 bits per heavy atom. The zero-order chi connectivity index (χ0) is 12.1. The predicted octanol–water partition coefficient (Wildman–Crippen LogP) is 0.361. The molecule has 1 fully saturated rings. The molecule has 0 aromatic heterocycles. The quantitative estimate of drug-likeness (QED) is 0.733. The number of hydrogen-bond acceptors (Lipinski definition) is 4. The summed E-state index contributed by atoms with van der Waals surface area (Å²) in [4.78, 5) is 24.1. The molecule has 0 bridgehead atoms. The molecule has 0 saturated carbocycles. The van der Waals surface area contributed by atoms with Gasteiger partial charge in [-0.05, 0) is 13.3 Å². The van der Waals surface area contributed by atoms with Gasteiger partial charge in [-0.3, -0.25) is 4.79 Å². The van der Waals surface area contributed by atoms with Crippen LogP contribution < -0.4 is 5.32 Å². The standard InChI is InChI=1S/C10H18N2O3S/c1-3-7(2)11-4-9(13)12-6-16-5-8(12)10(14)15/h7-8,11H,3-6H2,1-2H3,(H,14,15). The van der Waals surface area contributed by atoms with Gasteiger partial charge in [0, 0.05) is 11.8 Å². The van der Waals surface area contributed by atoms with Crippen molar-refractivity contribution >= 4 is 23.6 Å². The van der Waals surface area contributed by atoms with Crippen LogP contribution in [0.2, 0.25) is 0 Å². The zero-order valence-corrected chi connectivity index (χ0v) is 10.4. The summed E-state index contributed by atoms with van der Waals surface area (Å²) in [6.07, 6.45) is 0.949. The molecule has 1 heterocycles. The Hall–Kier alpha value is -0.750. The molecule has 1 aliphatic heterocycles. The molecule has 1 saturated heterocycles. The van der Waals surface area contributed by atoms with Gasteiger partial charge >= 0.3 is 5.97 Å². The highest BCUT2D eigenvalue weighted by Gasteiger charge is 2.34. The minimum atomic E-state index is -0.915. The average molecular weight is 246 g/mol. The molecule has 1 amide bonds. The monoisotopic (exact) mass is 246 g/mol. The molecule has 5 nitrogen and oxygen atoms in total. The number of carboxylic acids is 1. The molecule has 0 radical (unpaired) electrons. The molecule has 2 unspecified atom stereocenters. The Morgan fingerprint density at radius 1 is 1.62 bits per heavy atom. The van der Waals surface area contributed by atoms with Crippen LogP contribution in [0.4, 0.5) is 0 Å². The number of hydrogen-bond donors (Lipinski definition) is 2. The van der Waals surface area contributed by atoms with Crippen molar-refractivity contribution in [1.29, 1.82) is 0 Å². The first kappa shape index (κ1) is 13.3. The molecular formula is C10H18N2O3S. The lowest BCUT2D eigenvalue weighted by Gasteiger charge is -2.21. The Morgan fingerprint density at radius 2 is 2.31 bits per heavy atom. The lowest BCUT2D eigenvalue weighted by Crippen LogP contribution is -2.46. The minimum Gasteiger partial charge on any atom is -0.480 e. The molecule has 2 N–H and O–H groups in total. The summed E-state index contributed by atoms with van der Waals surface area (Å²) in [6.45, 7) is 4.26. The van der Waals surface area contributed by atoms with Crippen molar-refractivity contribution in [2.24, 2.45) is 0 Å². The third-order valence-electron chi connectivity index (χ3n) is 2.70. The number of aliphatic carboxylic acids is 1. The van der Waals surface area contributed by atoms with E-state index in [4.69, 9.17) is 5.11 Å².